The van der Waals surface area contributed by atoms with Crippen LogP contribution in [-0.2, 0) is 0 Å². The van der Waals surface area contributed by atoms with Crippen molar-refractivity contribution in [1.82, 2.24) is 15.8 Å². The topological polar surface area (TPSA) is 128 Å². The van der Waals surface area contributed by atoms with Gasteiger partial charge in [-0.3, -0.25) is 14.4 Å². The average Bonchev–Trinajstić information content (AvgIpc) is 3.15. The Bertz CT molecular complexity index is 967. The highest BCUT2D eigenvalue weighted by Crippen LogP contribution is 2.30. The minimum absolute atomic E-state index is 0.143. The van der Waals surface area contributed by atoms with E-state index in [-0.39, 0.29) is 28.5 Å². The minimum atomic E-state index is -0.630. The molecule has 0 bridgehead atoms. The fourth-order valence-electron chi connectivity index (χ4n) is 2.37. The number of para-hydroxylation sites is 1. The van der Waals surface area contributed by atoms with E-state index in [2.05, 4.69) is 15.8 Å². The number of nitrogens with one attached hydrogen (secondary N) is 2. The molecule has 0 saturated carbocycles. The summed E-state index contributed by atoms with van der Waals surface area (Å²) in [5.74, 6) is -1.22. The van der Waals surface area contributed by atoms with Gasteiger partial charge in [0.2, 0.25) is 17.3 Å². The Morgan fingerprint density at radius 1 is 1.21 bits per heavy atom. The Morgan fingerprint density at radius 2 is 1.96 bits per heavy atom. The lowest BCUT2D eigenvalue weighted by Gasteiger charge is -2.11. The molecule has 0 radical (unpaired) electrons. The second-order valence-corrected chi connectivity index (χ2v) is 6.63. The van der Waals surface area contributed by atoms with E-state index >= 15 is 0 Å². The smallest absolute Gasteiger partial charge is 0.410 e. The van der Waals surface area contributed by atoms with Crippen molar-refractivity contribution in [3.63, 3.8) is 0 Å². The van der Waals surface area contributed by atoms with E-state index in [0.29, 0.717) is 11.5 Å². The number of nitrogens with zero attached hydrogens (tertiary/aromatic N) is 1. The van der Waals surface area contributed by atoms with E-state index < -0.39 is 23.6 Å². The van der Waals surface area contributed by atoms with E-state index in [0.717, 1.165) is 17.8 Å². The maximum atomic E-state index is 12.6. The van der Waals surface area contributed by atoms with E-state index in [1.54, 1.807) is 30.3 Å². The highest BCUT2D eigenvalue weighted by Gasteiger charge is 2.35. The van der Waals surface area contributed by atoms with Crippen molar-refractivity contribution in [3.05, 3.63) is 58.3 Å². The number of carbonyl (C=O) groups excluding carboxylic acids is 4. The molecule has 3 rings (SSSR count). The maximum absolute atomic E-state index is 12.6. The summed E-state index contributed by atoms with van der Waals surface area (Å²) in [4.78, 5) is 48.4. The van der Waals surface area contributed by atoms with Crippen LogP contribution in [0.5, 0.6) is 5.75 Å². The van der Waals surface area contributed by atoms with Gasteiger partial charge in [0.05, 0.1) is 4.91 Å². The Labute approximate surface area is 163 Å². The van der Waals surface area contributed by atoms with E-state index in [1.165, 1.54) is 7.05 Å². The Hall–Kier alpha value is -3.40. The predicted molar refractivity (Wildman–Crippen MR) is 99.6 cm³/mol. The second kappa shape index (κ2) is 8.53. The number of amides is 2. The first-order valence-electron chi connectivity index (χ1n) is 8.17. The Kier molecular flexibility index (Phi) is 5.90. The molecule has 0 atom stereocenters. The first-order valence-corrected chi connectivity index (χ1v) is 9.16. The van der Waals surface area contributed by atoms with Crippen LogP contribution in [0.1, 0.15) is 31.4 Å². The molecule has 1 heterocycles. The van der Waals surface area contributed by atoms with Gasteiger partial charge in [-0.25, -0.2) is 4.79 Å². The normalized spacial score (nSPS) is 12.8. The number of Topliss-reactive ketones (excluding diaryl/α,β-unsaturated/α-hetero) is 1. The molecule has 1 aliphatic carbocycles. The number of ether oxygens (including phenoxy) is 1. The number of hydrogen-bond donors (Lipinski definition) is 2. The van der Waals surface area contributed by atoms with Gasteiger partial charge in [0, 0.05) is 25.4 Å². The second-order valence-electron chi connectivity index (χ2n) is 5.49. The van der Waals surface area contributed by atoms with Crippen molar-refractivity contribution in [2.24, 2.45) is 0 Å². The molecule has 2 aromatic rings. The van der Waals surface area contributed by atoms with Gasteiger partial charge in [0.25, 0.3) is 5.91 Å². The monoisotopic (exact) mass is 401 g/mol. The third-order valence-corrected chi connectivity index (χ3v) is 4.68. The van der Waals surface area contributed by atoms with Crippen molar-refractivity contribution < 1.29 is 28.4 Å². The molecule has 0 unspecified atom stereocenters. The van der Waals surface area contributed by atoms with Crippen LogP contribution >= 0.6 is 11.8 Å². The molecular weight excluding hydrogens is 386 g/mol. The van der Waals surface area contributed by atoms with Crippen LogP contribution in [0.2, 0.25) is 0 Å². The number of benzene rings is 1. The number of aromatic nitrogens is 1. The van der Waals surface area contributed by atoms with E-state index in [9.17, 15) is 19.2 Å². The number of carbonyl (C=O) groups is 4. The fourth-order valence-corrected chi connectivity index (χ4v) is 3.22. The van der Waals surface area contributed by atoms with Gasteiger partial charge in [0.1, 0.15) is 11.3 Å². The van der Waals surface area contributed by atoms with Crippen molar-refractivity contribution in [3.8, 4) is 5.75 Å². The fraction of sp³-hybridized carbons (Fsp3) is 0.167. The zero-order valence-electron chi connectivity index (χ0n) is 14.7. The van der Waals surface area contributed by atoms with E-state index in [4.69, 9.17) is 9.26 Å². The summed E-state index contributed by atoms with van der Waals surface area (Å²) in [5.41, 5.74) is -0.377. The summed E-state index contributed by atoms with van der Waals surface area (Å²) in [6, 6.07) is 8.57. The lowest BCUT2D eigenvalue weighted by molar-refractivity contribution is 0.0944. The molecule has 0 saturated heterocycles. The number of ketones is 2. The zero-order valence-corrected chi connectivity index (χ0v) is 15.5. The van der Waals surface area contributed by atoms with Gasteiger partial charge in [-0.1, -0.05) is 23.4 Å². The number of allylic oxidation sites excluding steroid dienone is 2. The standard InChI is InChI=1S/C18H15N3O6S/c1-19-17(24)14-13-15(23)12(9-11(22)16(13)27-21-14)28-8-7-20-18(25)26-10-5-3-2-4-6-10/h2-6,9H,7-8H2,1H3,(H,19,24)(H,20,25). The summed E-state index contributed by atoms with van der Waals surface area (Å²) in [6.07, 6.45) is 0.506. The molecular formula is C18H15N3O6S. The largest absolute Gasteiger partial charge is 0.412 e. The molecule has 1 aromatic carbocycles. The first kappa shape index (κ1) is 19.4. The van der Waals surface area contributed by atoms with Crippen LogP contribution in [0.25, 0.3) is 0 Å². The molecule has 144 valence electrons. The zero-order chi connectivity index (χ0) is 20.1. The minimum Gasteiger partial charge on any atom is -0.410 e. The van der Waals surface area contributed by atoms with Crippen molar-refractivity contribution >= 4 is 35.3 Å². The number of thioether (sulfide) groups is 1. The molecule has 0 fully saturated rings. The number of fused-ring (bicyclic) bond motifs is 1. The van der Waals surface area contributed by atoms with Gasteiger partial charge in [-0.05, 0) is 12.1 Å². The van der Waals surface area contributed by atoms with Gasteiger partial charge in [-0.2, -0.15) is 0 Å². The molecule has 0 spiro atoms. The van der Waals surface area contributed by atoms with Crippen molar-refractivity contribution in [1.29, 1.82) is 0 Å². The maximum Gasteiger partial charge on any atom is 0.412 e. The van der Waals surface area contributed by atoms with E-state index in [1.807, 2.05) is 0 Å². The average molecular weight is 401 g/mol. The molecule has 2 N–H and O–H groups in total. The van der Waals surface area contributed by atoms with Crippen LogP contribution in [0.4, 0.5) is 4.79 Å². The summed E-state index contributed by atoms with van der Waals surface area (Å²) in [5, 5.41) is 8.41. The molecule has 1 aromatic heterocycles. The van der Waals surface area contributed by atoms with Crippen molar-refractivity contribution in [2.45, 2.75) is 0 Å². The summed E-state index contributed by atoms with van der Waals surface area (Å²) in [7, 11) is 1.38. The first-order chi connectivity index (χ1) is 13.5. The van der Waals surface area contributed by atoms with Gasteiger partial charge in [0.15, 0.2) is 5.69 Å². The highest BCUT2D eigenvalue weighted by molar-refractivity contribution is 8.04. The number of rotatable bonds is 6. The molecule has 0 aliphatic heterocycles. The number of hydrogen-bond acceptors (Lipinski definition) is 8. The van der Waals surface area contributed by atoms with Crippen molar-refractivity contribution in [2.75, 3.05) is 19.3 Å². The third kappa shape index (κ3) is 4.12. The summed E-state index contributed by atoms with van der Waals surface area (Å²) >= 11 is 1.07. The van der Waals surface area contributed by atoms with Crippen LogP contribution in [0.3, 0.4) is 0 Å². The summed E-state index contributed by atoms with van der Waals surface area (Å²) < 4.78 is 9.92. The lowest BCUT2D eigenvalue weighted by atomic mass is 10.00. The van der Waals surface area contributed by atoms with Gasteiger partial charge >= 0.3 is 6.09 Å². The Balaban J connectivity index is 1.56. The summed E-state index contributed by atoms with van der Waals surface area (Å²) in [6.45, 7) is 0.202. The highest BCUT2D eigenvalue weighted by atomic mass is 32.2. The lowest BCUT2D eigenvalue weighted by Crippen LogP contribution is -2.29. The van der Waals surface area contributed by atoms with Gasteiger partial charge in [-0.15, -0.1) is 11.8 Å². The molecule has 9 nitrogen and oxygen atoms in total. The molecule has 2 amide bonds. The van der Waals surface area contributed by atoms with Crippen LogP contribution in [0.15, 0.2) is 45.8 Å². The third-order valence-electron chi connectivity index (χ3n) is 3.65. The predicted octanol–water partition coefficient (Wildman–Crippen LogP) is 1.82. The van der Waals surface area contributed by atoms with Crippen LogP contribution in [0, 0.1) is 0 Å². The molecule has 1 aliphatic rings. The SMILES string of the molecule is CNC(=O)c1noc2c1C(=O)C(SCCNC(=O)Oc1ccccc1)=CC2=O. The van der Waals surface area contributed by atoms with Gasteiger partial charge < -0.3 is 19.9 Å². The molecule has 10 heteroatoms. The van der Waals surface area contributed by atoms with Crippen LogP contribution in [-0.4, -0.2) is 48.1 Å². The quantitative estimate of drug-likeness (QED) is 0.702. The van der Waals surface area contributed by atoms with Crippen LogP contribution < -0.4 is 15.4 Å². The Morgan fingerprint density at radius 3 is 2.68 bits per heavy atom. The molecule has 28 heavy (non-hydrogen) atoms.